The molecule has 1 aliphatic rings. The molecule has 0 radical (unpaired) electrons. The third-order valence-electron chi connectivity index (χ3n) is 4.34. The molecule has 0 atom stereocenters. The van der Waals surface area contributed by atoms with E-state index in [1.165, 1.54) is 12.1 Å². The molecule has 1 fully saturated rings. The number of benzene rings is 2. The Morgan fingerprint density at radius 1 is 1.04 bits per heavy atom. The topological polar surface area (TPSA) is 75.9 Å². The first kappa shape index (κ1) is 16.8. The van der Waals surface area contributed by atoms with Gasteiger partial charge in [-0.3, -0.25) is 14.9 Å². The van der Waals surface area contributed by atoms with Gasteiger partial charge in [-0.2, -0.15) is 0 Å². The molecule has 0 aromatic heterocycles. The summed E-state index contributed by atoms with van der Waals surface area (Å²) in [5.41, 5.74) is 1.06. The number of hydrogen-bond acceptors (Lipinski definition) is 5. The minimum atomic E-state index is -0.513. The number of rotatable bonds is 4. The van der Waals surface area contributed by atoms with Gasteiger partial charge >= 0.3 is 0 Å². The van der Waals surface area contributed by atoms with E-state index in [1.54, 1.807) is 24.1 Å². The molecule has 0 N–H and O–H groups in total. The summed E-state index contributed by atoms with van der Waals surface area (Å²) >= 11 is 0. The summed E-state index contributed by atoms with van der Waals surface area (Å²) in [6.45, 7) is 2.41. The molecule has 25 heavy (non-hydrogen) atoms. The normalized spacial score (nSPS) is 14.3. The molecule has 7 heteroatoms. The lowest BCUT2D eigenvalue weighted by Crippen LogP contribution is -2.48. The van der Waals surface area contributed by atoms with Crippen molar-refractivity contribution < 1.29 is 14.5 Å². The van der Waals surface area contributed by atoms with Crippen LogP contribution in [0.5, 0.6) is 5.75 Å². The monoisotopic (exact) mass is 341 g/mol. The van der Waals surface area contributed by atoms with Crippen molar-refractivity contribution in [1.29, 1.82) is 0 Å². The molecule has 7 nitrogen and oxygen atoms in total. The summed E-state index contributed by atoms with van der Waals surface area (Å²) in [7, 11) is 1.63. The average Bonchev–Trinajstić information content (AvgIpc) is 2.67. The molecule has 3 rings (SSSR count). The van der Waals surface area contributed by atoms with Crippen LogP contribution >= 0.6 is 0 Å². The molecular formula is C18H19N3O4. The molecular weight excluding hydrogens is 322 g/mol. The van der Waals surface area contributed by atoms with E-state index in [4.69, 9.17) is 4.74 Å². The van der Waals surface area contributed by atoms with Crippen molar-refractivity contribution in [3.63, 3.8) is 0 Å². The average molecular weight is 341 g/mol. The van der Waals surface area contributed by atoms with Crippen LogP contribution in [0.25, 0.3) is 0 Å². The van der Waals surface area contributed by atoms with Gasteiger partial charge in [-0.1, -0.05) is 12.1 Å². The highest BCUT2D eigenvalue weighted by Gasteiger charge is 2.27. The maximum Gasteiger partial charge on any atom is 0.282 e. The molecule has 0 aliphatic carbocycles. The molecule has 0 spiro atoms. The van der Waals surface area contributed by atoms with E-state index in [9.17, 15) is 14.9 Å². The molecule has 1 aliphatic heterocycles. The van der Waals surface area contributed by atoms with Gasteiger partial charge in [0.05, 0.1) is 12.0 Å². The van der Waals surface area contributed by atoms with E-state index in [1.807, 2.05) is 24.3 Å². The molecule has 0 unspecified atom stereocenters. The summed E-state index contributed by atoms with van der Waals surface area (Å²) < 4.78 is 5.16. The van der Waals surface area contributed by atoms with E-state index in [-0.39, 0.29) is 17.2 Å². The van der Waals surface area contributed by atoms with E-state index in [2.05, 4.69) is 4.90 Å². The van der Waals surface area contributed by atoms with Crippen molar-refractivity contribution in [3.05, 3.63) is 64.2 Å². The van der Waals surface area contributed by atoms with Crippen LogP contribution in [0.2, 0.25) is 0 Å². The van der Waals surface area contributed by atoms with E-state index >= 15 is 0 Å². The lowest BCUT2D eigenvalue weighted by atomic mass is 10.1. The van der Waals surface area contributed by atoms with Gasteiger partial charge in [0.1, 0.15) is 11.3 Å². The molecule has 1 saturated heterocycles. The summed E-state index contributed by atoms with van der Waals surface area (Å²) in [4.78, 5) is 27.1. The fourth-order valence-electron chi connectivity index (χ4n) is 2.94. The standard InChI is InChI=1S/C18H19N3O4/c1-25-15-8-6-14(7-9-15)19-10-12-20(13-11-19)18(22)16-4-2-3-5-17(16)21(23)24/h2-9H,10-13H2,1H3. The number of ether oxygens (including phenoxy) is 1. The van der Waals surface area contributed by atoms with Crippen LogP contribution in [-0.4, -0.2) is 49.0 Å². The van der Waals surface area contributed by atoms with Crippen molar-refractivity contribution in [2.45, 2.75) is 0 Å². The Morgan fingerprint density at radius 3 is 2.28 bits per heavy atom. The number of carbonyl (C=O) groups excluding carboxylic acids is 1. The van der Waals surface area contributed by atoms with Gasteiger partial charge in [-0.25, -0.2) is 0 Å². The smallest absolute Gasteiger partial charge is 0.282 e. The molecule has 1 amide bonds. The largest absolute Gasteiger partial charge is 0.497 e. The predicted octanol–water partition coefficient (Wildman–Crippen LogP) is 2.57. The van der Waals surface area contributed by atoms with Crippen molar-refractivity contribution >= 4 is 17.3 Å². The highest BCUT2D eigenvalue weighted by Crippen LogP contribution is 2.23. The Labute approximate surface area is 145 Å². The highest BCUT2D eigenvalue weighted by atomic mass is 16.6. The second-order valence-corrected chi connectivity index (χ2v) is 5.75. The summed E-state index contributed by atoms with van der Waals surface area (Å²) in [6, 6.07) is 13.9. The molecule has 2 aromatic carbocycles. The Kier molecular flexibility index (Phi) is 4.83. The molecule has 1 heterocycles. The number of nitro benzene ring substituents is 1. The van der Waals surface area contributed by atoms with E-state index in [0.29, 0.717) is 26.2 Å². The number of methoxy groups -OCH3 is 1. The summed E-state index contributed by atoms with van der Waals surface area (Å²) in [5, 5.41) is 11.1. The number of nitrogens with zero attached hydrogens (tertiary/aromatic N) is 3. The second kappa shape index (κ2) is 7.21. The predicted molar refractivity (Wildman–Crippen MR) is 94.2 cm³/mol. The maximum atomic E-state index is 12.6. The number of anilines is 1. The molecule has 130 valence electrons. The van der Waals surface area contributed by atoms with Gasteiger partial charge in [-0.05, 0) is 30.3 Å². The summed E-state index contributed by atoms with van der Waals surface area (Å²) in [6.07, 6.45) is 0. The molecule has 2 aromatic rings. The number of amides is 1. The Hall–Kier alpha value is -3.09. The van der Waals surface area contributed by atoms with Crippen molar-refractivity contribution in [2.75, 3.05) is 38.2 Å². The number of carbonyl (C=O) groups is 1. The second-order valence-electron chi connectivity index (χ2n) is 5.75. The number of para-hydroxylation sites is 1. The van der Waals surface area contributed by atoms with E-state index in [0.717, 1.165) is 11.4 Å². The Balaban J connectivity index is 1.67. The minimum Gasteiger partial charge on any atom is -0.497 e. The molecule has 0 bridgehead atoms. The zero-order valence-electron chi connectivity index (χ0n) is 13.9. The lowest BCUT2D eigenvalue weighted by Gasteiger charge is -2.36. The zero-order chi connectivity index (χ0) is 17.8. The van der Waals surface area contributed by atoms with Gasteiger partial charge in [-0.15, -0.1) is 0 Å². The van der Waals surface area contributed by atoms with Crippen LogP contribution in [0.1, 0.15) is 10.4 Å². The zero-order valence-corrected chi connectivity index (χ0v) is 13.9. The Morgan fingerprint density at radius 2 is 1.68 bits per heavy atom. The maximum absolute atomic E-state index is 12.6. The van der Waals surface area contributed by atoms with Gasteiger partial charge in [0.25, 0.3) is 11.6 Å². The van der Waals surface area contributed by atoms with Crippen LogP contribution in [0.4, 0.5) is 11.4 Å². The number of nitro groups is 1. The quantitative estimate of drug-likeness (QED) is 0.631. The van der Waals surface area contributed by atoms with Crippen LogP contribution < -0.4 is 9.64 Å². The number of hydrogen-bond donors (Lipinski definition) is 0. The van der Waals surface area contributed by atoms with Gasteiger partial charge in [0.15, 0.2) is 0 Å². The van der Waals surface area contributed by atoms with Gasteiger partial charge in [0, 0.05) is 37.9 Å². The third kappa shape index (κ3) is 3.55. The SMILES string of the molecule is COc1ccc(N2CCN(C(=O)c3ccccc3[N+](=O)[O-])CC2)cc1. The number of piperazine rings is 1. The first-order valence-electron chi connectivity index (χ1n) is 8.02. The van der Waals surface area contributed by atoms with Crippen molar-refractivity contribution in [1.82, 2.24) is 4.90 Å². The third-order valence-corrected chi connectivity index (χ3v) is 4.34. The fraction of sp³-hybridized carbons (Fsp3) is 0.278. The highest BCUT2D eigenvalue weighted by molar-refractivity contribution is 5.98. The minimum absolute atomic E-state index is 0.144. The van der Waals surface area contributed by atoms with Gasteiger partial charge < -0.3 is 14.5 Å². The fourth-order valence-corrected chi connectivity index (χ4v) is 2.94. The first-order valence-corrected chi connectivity index (χ1v) is 8.02. The Bertz CT molecular complexity index is 768. The first-order chi connectivity index (χ1) is 12.1. The summed E-state index contributed by atoms with van der Waals surface area (Å²) in [5.74, 6) is 0.510. The lowest BCUT2D eigenvalue weighted by molar-refractivity contribution is -0.385. The van der Waals surface area contributed by atoms with E-state index < -0.39 is 4.92 Å². The van der Waals surface area contributed by atoms with Crippen LogP contribution in [0, 0.1) is 10.1 Å². The van der Waals surface area contributed by atoms with Crippen molar-refractivity contribution in [2.24, 2.45) is 0 Å². The molecule has 0 saturated carbocycles. The van der Waals surface area contributed by atoms with Crippen LogP contribution in [0.3, 0.4) is 0 Å². The van der Waals surface area contributed by atoms with Crippen LogP contribution in [0.15, 0.2) is 48.5 Å². The van der Waals surface area contributed by atoms with Crippen molar-refractivity contribution in [3.8, 4) is 5.75 Å². The van der Waals surface area contributed by atoms with Gasteiger partial charge in [0.2, 0.25) is 0 Å². The van der Waals surface area contributed by atoms with Crippen LogP contribution in [-0.2, 0) is 0 Å².